The summed E-state index contributed by atoms with van der Waals surface area (Å²) in [6.45, 7) is 1.26. The van der Waals surface area contributed by atoms with E-state index in [1.54, 1.807) is 19.0 Å². The number of rotatable bonds is 7. The van der Waals surface area contributed by atoms with E-state index in [2.05, 4.69) is 39.8 Å². The Labute approximate surface area is 209 Å². The molecule has 2 aliphatic rings. The minimum Gasteiger partial charge on any atom is -0.377 e. The zero-order chi connectivity index (χ0) is 25.9. The Morgan fingerprint density at radius 3 is 2.28 bits per heavy atom. The van der Waals surface area contributed by atoms with Crippen molar-refractivity contribution in [2.45, 2.75) is 49.9 Å². The average molecular weight is 503 g/mol. The van der Waals surface area contributed by atoms with Crippen molar-refractivity contribution in [3.63, 3.8) is 0 Å². The van der Waals surface area contributed by atoms with E-state index in [0.29, 0.717) is 17.6 Å². The molecule has 2 aromatic carbocycles. The summed E-state index contributed by atoms with van der Waals surface area (Å²) in [5.74, 6) is -0.447. The second-order valence-electron chi connectivity index (χ2n) is 9.94. The van der Waals surface area contributed by atoms with E-state index in [-0.39, 0.29) is 24.1 Å². The summed E-state index contributed by atoms with van der Waals surface area (Å²) in [6.07, 6.45) is 0.0501. The molecular formula is C27H33F3N4O2. The van der Waals surface area contributed by atoms with Crippen LogP contribution in [0.3, 0.4) is 0 Å². The summed E-state index contributed by atoms with van der Waals surface area (Å²) in [4.78, 5) is 29.0. The van der Waals surface area contributed by atoms with Crippen LogP contribution in [0, 0.1) is 0 Å². The van der Waals surface area contributed by atoms with Crippen LogP contribution >= 0.6 is 0 Å². The van der Waals surface area contributed by atoms with Gasteiger partial charge in [0.15, 0.2) is 0 Å². The highest BCUT2D eigenvalue weighted by atomic mass is 19.4. The van der Waals surface area contributed by atoms with Gasteiger partial charge in [0.05, 0.1) is 23.7 Å². The van der Waals surface area contributed by atoms with Crippen LogP contribution in [0.5, 0.6) is 0 Å². The van der Waals surface area contributed by atoms with E-state index in [1.807, 2.05) is 6.07 Å². The summed E-state index contributed by atoms with van der Waals surface area (Å²) in [5.41, 5.74) is 0.728. The lowest BCUT2D eigenvalue weighted by atomic mass is 9.80. The van der Waals surface area contributed by atoms with Gasteiger partial charge in [0.1, 0.15) is 0 Å². The molecule has 0 atom stereocenters. The van der Waals surface area contributed by atoms with Crippen LogP contribution in [0.25, 0.3) is 0 Å². The predicted octanol–water partition coefficient (Wildman–Crippen LogP) is 4.03. The molecule has 36 heavy (non-hydrogen) atoms. The minimum absolute atomic E-state index is 0.0205. The first-order valence-corrected chi connectivity index (χ1v) is 12.4. The average Bonchev–Trinajstić information content (AvgIpc) is 2.84. The lowest BCUT2D eigenvalue weighted by molar-refractivity contribution is -0.137. The van der Waals surface area contributed by atoms with Crippen LogP contribution < -0.4 is 15.5 Å². The van der Waals surface area contributed by atoms with Crippen molar-refractivity contribution >= 4 is 17.5 Å². The quantitative estimate of drug-likeness (QED) is 0.600. The van der Waals surface area contributed by atoms with Gasteiger partial charge >= 0.3 is 6.18 Å². The number of amides is 2. The molecule has 2 fully saturated rings. The minimum atomic E-state index is -4.56. The molecule has 0 aromatic heterocycles. The molecule has 194 valence electrons. The molecule has 0 spiro atoms. The molecule has 1 saturated carbocycles. The smallest absolute Gasteiger partial charge is 0.377 e. The largest absolute Gasteiger partial charge is 0.416 e. The van der Waals surface area contributed by atoms with Crippen molar-refractivity contribution < 1.29 is 22.8 Å². The van der Waals surface area contributed by atoms with Gasteiger partial charge in [0.2, 0.25) is 5.91 Å². The second-order valence-corrected chi connectivity index (χ2v) is 9.94. The first kappa shape index (κ1) is 26.0. The number of hydrogen-bond acceptors (Lipinski definition) is 4. The molecule has 6 nitrogen and oxygen atoms in total. The number of halogens is 3. The number of likely N-dealkylation sites (tertiary alicyclic amines) is 1. The lowest BCUT2D eigenvalue weighted by Crippen LogP contribution is -2.63. The number of alkyl halides is 3. The summed E-state index contributed by atoms with van der Waals surface area (Å²) < 4.78 is 39.3. The maximum absolute atomic E-state index is 13.1. The van der Waals surface area contributed by atoms with Crippen LogP contribution in [-0.4, -0.2) is 62.5 Å². The number of nitrogens with zero attached hydrogens (tertiary/aromatic N) is 2. The molecule has 0 unspecified atom stereocenters. The van der Waals surface area contributed by atoms with Gasteiger partial charge in [-0.2, -0.15) is 13.2 Å². The summed E-state index contributed by atoms with van der Waals surface area (Å²) in [5, 5.41) is 5.38. The van der Waals surface area contributed by atoms with E-state index in [0.717, 1.165) is 38.1 Å². The van der Waals surface area contributed by atoms with Crippen molar-refractivity contribution in [3.8, 4) is 0 Å². The Balaban J connectivity index is 1.21. The van der Waals surface area contributed by atoms with Crippen LogP contribution in [0.4, 0.5) is 18.9 Å². The standard InChI is InChI=1S/C27H33F3N4O2/c1-33(2)24-13-10-20(27(28,29)30)14-23(24)26(36)31-15-25(35)32-21-16-34(17-21)22-11-8-19(9-12-22)18-6-4-3-5-7-18/h3-7,10,13-14,19,21-22H,8-9,11-12,15-17H2,1-2H3,(H,31,36)(H,32,35)/t19-,22+. The maximum atomic E-state index is 13.1. The van der Waals surface area contributed by atoms with Gasteiger partial charge in [0.25, 0.3) is 5.91 Å². The number of hydrogen-bond donors (Lipinski definition) is 2. The first-order chi connectivity index (χ1) is 17.1. The third-order valence-electron chi connectivity index (χ3n) is 7.22. The maximum Gasteiger partial charge on any atom is 0.416 e. The van der Waals surface area contributed by atoms with Crippen molar-refractivity contribution in [3.05, 3.63) is 65.2 Å². The monoisotopic (exact) mass is 502 g/mol. The highest BCUT2D eigenvalue weighted by Crippen LogP contribution is 2.36. The number of benzene rings is 2. The molecule has 1 saturated heterocycles. The SMILES string of the molecule is CN(C)c1ccc(C(F)(F)F)cc1C(=O)NCC(=O)NC1CN([C@H]2CC[C@@H](c3ccccc3)CC2)C1. The fourth-order valence-electron chi connectivity index (χ4n) is 5.22. The Morgan fingerprint density at radius 2 is 1.67 bits per heavy atom. The second kappa shape index (κ2) is 10.9. The Kier molecular flexibility index (Phi) is 7.88. The third kappa shape index (κ3) is 6.19. The topological polar surface area (TPSA) is 64.7 Å². The van der Waals surface area contributed by atoms with E-state index in [4.69, 9.17) is 0 Å². The highest BCUT2D eigenvalue weighted by Gasteiger charge is 2.35. The Bertz CT molecular complexity index is 1060. The summed E-state index contributed by atoms with van der Waals surface area (Å²) >= 11 is 0. The predicted molar refractivity (Wildman–Crippen MR) is 133 cm³/mol. The highest BCUT2D eigenvalue weighted by molar-refractivity contribution is 6.01. The number of nitrogens with one attached hydrogen (secondary N) is 2. The van der Waals surface area contributed by atoms with Crippen LogP contribution in [0.1, 0.15) is 53.1 Å². The van der Waals surface area contributed by atoms with E-state index in [9.17, 15) is 22.8 Å². The van der Waals surface area contributed by atoms with Gasteiger partial charge < -0.3 is 15.5 Å². The van der Waals surface area contributed by atoms with Crippen molar-refractivity contribution in [2.24, 2.45) is 0 Å². The van der Waals surface area contributed by atoms with Crippen LogP contribution in [0.2, 0.25) is 0 Å². The lowest BCUT2D eigenvalue weighted by Gasteiger charge is -2.46. The van der Waals surface area contributed by atoms with E-state index >= 15 is 0 Å². The summed E-state index contributed by atoms with van der Waals surface area (Å²) in [7, 11) is 3.28. The van der Waals surface area contributed by atoms with Crippen LogP contribution in [-0.2, 0) is 11.0 Å². The van der Waals surface area contributed by atoms with Crippen molar-refractivity contribution in [1.29, 1.82) is 0 Å². The van der Waals surface area contributed by atoms with Crippen molar-refractivity contribution in [2.75, 3.05) is 38.6 Å². The van der Waals surface area contributed by atoms with Gasteiger partial charge in [-0.1, -0.05) is 30.3 Å². The Morgan fingerprint density at radius 1 is 1.00 bits per heavy atom. The van der Waals surface area contributed by atoms with Gasteiger partial charge in [-0.3, -0.25) is 14.5 Å². The van der Waals surface area contributed by atoms with Crippen molar-refractivity contribution in [1.82, 2.24) is 15.5 Å². The van der Waals surface area contributed by atoms with E-state index in [1.165, 1.54) is 24.5 Å². The molecule has 4 rings (SSSR count). The van der Waals surface area contributed by atoms with Gasteiger partial charge in [-0.05, 0) is 55.4 Å². The van der Waals surface area contributed by atoms with Crippen LogP contribution in [0.15, 0.2) is 48.5 Å². The Hall–Kier alpha value is -3.07. The molecule has 0 radical (unpaired) electrons. The molecule has 2 aromatic rings. The molecule has 2 amide bonds. The molecule has 0 bridgehead atoms. The summed E-state index contributed by atoms with van der Waals surface area (Å²) in [6, 6.07) is 14.2. The third-order valence-corrected chi connectivity index (χ3v) is 7.22. The fraction of sp³-hybridized carbons (Fsp3) is 0.481. The first-order valence-electron chi connectivity index (χ1n) is 12.4. The molecule has 1 heterocycles. The molecule has 9 heteroatoms. The number of carbonyl (C=O) groups is 2. The van der Waals surface area contributed by atoms with Gasteiger partial charge in [-0.15, -0.1) is 0 Å². The molecule has 1 aliphatic carbocycles. The number of carbonyl (C=O) groups excluding carboxylic acids is 2. The van der Waals surface area contributed by atoms with Gasteiger partial charge in [-0.25, -0.2) is 0 Å². The zero-order valence-corrected chi connectivity index (χ0v) is 20.6. The molecule has 2 N–H and O–H groups in total. The fourth-order valence-corrected chi connectivity index (χ4v) is 5.22. The molecule has 1 aliphatic heterocycles. The molecular weight excluding hydrogens is 469 g/mol. The van der Waals surface area contributed by atoms with E-state index < -0.39 is 17.6 Å². The van der Waals surface area contributed by atoms with Gasteiger partial charge in [0, 0.05) is 38.9 Å². The normalized spacial score (nSPS) is 20.9. The number of anilines is 1. The zero-order valence-electron chi connectivity index (χ0n) is 20.6.